The first-order valence-electron chi connectivity index (χ1n) is 2.98. The summed E-state index contributed by atoms with van der Waals surface area (Å²) >= 11 is 0. The van der Waals surface area contributed by atoms with Gasteiger partial charge in [0.05, 0.1) is 0 Å². The monoisotopic (exact) mass is 97.1 g/mol. The maximum atomic E-state index is 5.65. The average molecular weight is 97.2 g/mol. The van der Waals surface area contributed by atoms with Crippen LogP contribution in [0.3, 0.4) is 0 Å². The van der Waals surface area contributed by atoms with E-state index in [-0.39, 0.29) is 0 Å². The van der Waals surface area contributed by atoms with E-state index in [2.05, 4.69) is 6.92 Å². The molecule has 0 amide bonds. The molecule has 2 fully saturated rings. The molecule has 0 aromatic heterocycles. The van der Waals surface area contributed by atoms with E-state index >= 15 is 0 Å². The van der Waals surface area contributed by atoms with Crippen LogP contribution in [-0.4, -0.2) is 6.04 Å². The Balaban J connectivity index is 2.12. The number of rotatable bonds is 0. The Morgan fingerprint density at radius 2 is 2.29 bits per heavy atom. The minimum absolute atomic E-state index is 0.574. The Bertz CT molecular complexity index is 111. The summed E-state index contributed by atoms with van der Waals surface area (Å²) in [6.07, 6.45) is 2.70. The third-order valence-corrected chi connectivity index (χ3v) is 2.64. The zero-order chi connectivity index (χ0) is 5.07. The lowest BCUT2D eigenvalue weighted by atomic mass is 9.82. The molecular weight excluding hydrogens is 86.1 g/mol. The van der Waals surface area contributed by atoms with E-state index in [1.165, 1.54) is 12.8 Å². The summed E-state index contributed by atoms with van der Waals surface area (Å²) in [5.74, 6) is 0.924. The van der Waals surface area contributed by atoms with Crippen molar-refractivity contribution in [3.8, 4) is 0 Å². The Labute approximate surface area is 43.9 Å². The largest absolute Gasteiger partial charge is 0.327 e. The van der Waals surface area contributed by atoms with Crippen molar-refractivity contribution in [3.63, 3.8) is 0 Å². The van der Waals surface area contributed by atoms with Gasteiger partial charge in [-0.05, 0) is 24.2 Å². The molecule has 0 aromatic carbocycles. The molecule has 0 aliphatic heterocycles. The van der Waals surface area contributed by atoms with Crippen LogP contribution in [0.15, 0.2) is 0 Å². The molecule has 2 saturated carbocycles. The summed E-state index contributed by atoms with van der Waals surface area (Å²) in [5.41, 5.74) is 6.38. The number of nitrogens with two attached hydrogens (primary N) is 1. The predicted octanol–water partition coefficient (Wildman–Crippen LogP) is 0.744. The molecule has 0 radical (unpaired) electrons. The van der Waals surface area contributed by atoms with Crippen LogP contribution in [0.5, 0.6) is 0 Å². The van der Waals surface area contributed by atoms with Gasteiger partial charge in [-0.25, -0.2) is 0 Å². The van der Waals surface area contributed by atoms with Gasteiger partial charge in [-0.3, -0.25) is 0 Å². The molecule has 2 rings (SSSR count). The van der Waals surface area contributed by atoms with E-state index in [0.717, 1.165) is 11.3 Å². The number of fused-ring (bicyclic) bond motifs is 1. The summed E-state index contributed by atoms with van der Waals surface area (Å²) in [7, 11) is 0. The van der Waals surface area contributed by atoms with Crippen LogP contribution in [0.4, 0.5) is 0 Å². The molecule has 1 nitrogen and oxygen atoms in total. The lowest BCUT2D eigenvalue weighted by molar-refractivity contribution is 0.272. The topological polar surface area (TPSA) is 26.0 Å². The highest BCUT2D eigenvalue weighted by Gasteiger charge is 2.62. The van der Waals surface area contributed by atoms with Crippen LogP contribution in [0.2, 0.25) is 0 Å². The zero-order valence-corrected chi connectivity index (χ0v) is 4.65. The Morgan fingerprint density at radius 1 is 1.57 bits per heavy atom. The van der Waals surface area contributed by atoms with Gasteiger partial charge in [-0.2, -0.15) is 0 Å². The zero-order valence-electron chi connectivity index (χ0n) is 4.65. The van der Waals surface area contributed by atoms with Gasteiger partial charge in [-0.15, -0.1) is 0 Å². The number of hydrogen-bond acceptors (Lipinski definition) is 1. The molecule has 0 spiro atoms. The maximum Gasteiger partial charge on any atom is 0.00778 e. The van der Waals surface area contributed by atoms with E-state index in [9.17, 15) is 0 Å². The van der Waals surface area contributed by atoms with Crippen molar-refractivity contribution in [1.82, 2.24) is 0 Å². The third-order valence-electron chi connectivity index (χ3n) is 2.64. The lowest BCUT2D eigenvalue weighted by Crippen LogP contribution is -2.36. The SMILES string of the molecule is C[C@@]12CC1[C@@H](N)C2. The summed E-state index contributed by atoms with van der Waals surface area (Å²) in [6, 6.07) is 0.574. The normalized spacial score (nSPS) is 66.0. The molecule has 1 heteroatoms. The molecule has 3 atom stereocenters. The van der Waals surface area contributed by atoms with E-state index in [0.29, 0.717) is 6.04 Å². The minimum Gasteiger partial charge on any atom is -0.327 e. The van der Waals surface area contributed by atoms with Crippen LogP contribution in [0.1, 0.15) is 19.8 Å². The molecule has 2 N–H and O–H groups in total. The molecule has 0 bridgehead atoms. The van der Waals surface area contributed by atoms with E-state index in [1.54, 1.807) is 0 Å². The molecule has 0 heterocycles. The molecule has 2 aliphatic carbocycles. The van der Waals surface area contributed by atoms with Crippen molar-refractivity contribution < 1.29 is 0 Å². The summed E-state index contributed by atoms with van der Waals surface area (Å²) < 4.78 is 0. The van der Waals surface area contributed by atoms with Crippen molar-refractivity contribution in [2.75, 3.05) is 0 Å². The van der Waals surface area contributed by atoms with Crippen molar-refractivity contribution >= 4 is 0 Å². The van der Waals surface area contributed by atoms with Gasteiger partial charge in [0.1, 0.15) is 0 Å². The average Bonchev–Trinajstić information content (AvgIpc) is 2.10. The Kier molecular flexibility index (Phi) is 0.419. The molecule has 2 aliphatic rings. The Hall–Kier alpha value is -0.0400. The van der Waals surface area contributed by atoms with Crippen molar-refractivity contribution in [3.05, 3.63) is 0 Å². The highest BCUT2D eigenvalue weighted by atomic mass is 14.8. The van der Waals surface area contributed by atoms with Gasteiger partial charge in [0.2, 0.25) is 0 Å². The van der Waals surface area contributed by atoms with Gasteiger partial charge in [-0.1, -0.05) is 6.92 Å². The molecule has 0 saturated heterocycles. The molecule has 1 unspecified atom stereocenters. The highest BCUT2D eigenvalue weighted by Crippen LogP contribution is 2.66. The lowest BCUT2D eigenvalue weighted by Gasteiger charge is -2.27. The third kappa shape index (κ3) is 0.290. The molecule has 40 valence electrons. The van der Waals surface area contributed by atoms with E-state index in [1.807, 2.05) is 0 Å². The predicted molar refractivity (Wildman–Crippen MR) is 28.8 cm³/mol. The molecule has 0 aromatic rings. The van der Waals surface area contributed by atoms with Crippen molar-refractivity contribution in [2.45, 2.75) is 25.8 Å². The first-order chi connectivity index (χ1) is 3.22. The van der Waals surface area contributed by atoms with Gasteiger partial charge in [0, 0.05) is 6.04 Å². The maximum absolute atomic E-state index is 5.65. The van der Waals surface area contributed by atoms with Gasteiger partial charge >= 0.3 is 0 Å². The fraction of sp³-hybridized carbons (Fsp3) is 1.00. The highest BCUT2D eigenvalue weighted by molar-refractivity contribution is 5.14. The van der Waals surface area contributed by atoms with E-state index in [4.69, 9.17) is 5.73 Å². The fourth-order valence-electron chi connectivity index (χ4n) is 1.87. The van der Waals surface area contributed by atoms with Gasteiger partial charge in [0.25, 0.3) is 0 Å². The van der Waals surface area contributed by atoms with Gasteiger partial charge < -0.3 is 5.73 Å². The van der Waals surface area contributed by atoms with Gasteiger partial charge in [0.15, 0.2) is 0 Å². The first kappa shape index (κ1) is 3.90. The summed E-state index contributed by atoms with van der Waals surface area (Å²) in [6.45, 7) is 2.33. The van der Waals surface area contributed by atoms with Crippen LogP contribution in [0.25, 0.3) is 0 Å². The fourth-order valence-corrected chi connectivity index (χ4v) is 1.87. The second-order valence-electron chi connectivity index (χ2n) is 3.33. The Morgan fingerprint density at radius 3 is 2.29 bits per heavy atom. The summed E-state index contributed by atoms with van der Waals surface area (Å²) in [4.78, 5) is 0. The second-order valence-corrected chi connectivity index (χ2v) is 3.33. The molecule has 7 heavy (non-hydrogen) atoms. The second kappa shape index (κ2) is 0.752. The van der Waals surface area contributed by atoms with Crippen LogP contribution in [-0.2, 0) is 0 Å². The molecular formula is C6H11N. The van der Waals surface area contributed by atoms with Crippen molar-refractivity contribution in [2.24, 2.45) is 17.1 Å². The van der Waals surface area contributed by atoms with Crippen molar-refractivity contribution in [1.29, 1.82) is 0 Å². The van der Waals surface area contributed by atoms with Crippen LogP contribution < -0.4 is 5.73 Å². The minimum atomic E-state index is 0.574. The quantitative estimate of drug-likeness (QED) is 0.474. The van der Waals surface area contributed by atoms with E-state index < -0.39 is 0 Å². The van der Waals surface area contributed by atoms with Crippen LogP contribution in [0, 0.1) is 11.3 Å². The standard InChI is InChI=1S/C6H11N/c1-6-2-4(6)5(7)3-6/h4-5H,2-3,7H2,1H3/t4?,5-,6-/m0/s1. The smallest absolute Gasteiger partial charge is 0.00778 e. The number of hydrogen-bond donors (Lipinski definition) is 1. The summed E-state index contributed by atoms with van der Waals surface area (Å²) in [5, 5.41) is 0. The first-order valence-corrected chi connectivity index (χ1v) is 2.98. The van der Waals surface area contributed by atoms with Crippen LogP contribution >= 0.6 is 0 Å².